The number of para-hydroxylation sites is 1. The molecule has 0 saturated carbocycles. The first kappa shape index (κ1) is 13.6. The van der Waals surface area contributed by atoms with Gasteiger partial charge in [-0.2, -0.15) is 0 Å². The topological polar surface area (TPSA) is 46.6 Å². The standard InChI is InChI=1S/C15H19NO3/c1-11-5-3-4-6-14(11)19-15(18)13-7-9-16(10-8-13)12(2)17/h3-6,13H,7-10H2,1-2H3. The van der Waals surface area contributed by atoms with Crippen molar-refractivity contribution in [3.05, 3.63) is 29.8 Å². The Hall–Kier alpha value is -1.84. The average molecular weight is 261 g/mol. The molecule has 1 aromatic carbocycles. The highest BCUT2D eigenvalue weighted by atomic mass is 16.5. The third-order valence-corrected chi connectivity index (χ3v) is 3.58. The van der Waals surface area contributed by atoms with Crippen molar-refractivity contribution < 1.29 is 14.3 Å². The van der Waals surface area contributed by atoms with E-state index < -0.39 is 0 Å². The van der Waals surface area contributed by atoms with Crippen molar-refractivity contribution in [1.29, 1.82) is 0 Å². The molecule has 2 rings (SSSR count). The predicted molar refractivity (Wildman–Crippen MR) is 71.8 cm³/mol. The van der Waals surface area contributed by atoms with Crippen LogP contribution >= 0.6 is 0 Å². The number of nitrogens with zero attached hydrogens (tertiary/aromatic N) is 1. The molecule has 0 aromatic heterocycles. The van der Waals surface area contributed by atoms with Gasteiger partial charge in [-0.1, -0.05) is 18.2 Å². The van der Waals surface area contributed by atoms with Crippen LogP contribution in [0.15, 0.2) is 24.3 Å². The van der Waals surface area contributed by atoms with E-state index in [1.165, 1.54) is 0 Å². The van der Waals surface area contributed by atoms with E-state index in [0.29, 0.717) is 31.7 Å². The molecule has 0 aliphatic carbocycles. The quantitative estimate of drug-likeness (QED) is 0.605. The van der Waals surface area contributed by atoms with Crippen molar-refractivity contribution in [2.24, 2.45) is 5.92 Å². The molecule has 1 heterocycles. The van der Waals surface area contributed by atoms with Crippen molar-refractivity contribution in [2.45, 2.75) is 26.7 Å². The van der Waals surface area contributed by atoms with Gasteiger partial charge in [-0.05, 0) is 31.4 Å². The Morgan fingerprint density at radius 1 is 1.21 bits per heavy atom. The number of aryl methyl sites for hydroxylation is 1. The molecule has 0 unspecified atom stereocenters. The Balaban J connectivity index is 1.92. The number of amides is 1. The smallest absolute Gasteiger partial charge is 0.314 e. The summed E-state index contributed by atoms with van der Waals surface area (Å²) < 4.78 is 5.44. The molecule has 1 fully saturated rings. The minimum Gasteiger partial charge on any atom is -0.426 e. The summed E-state index contributed by atoms with van der Waals surface area (Å²) in [5.41, 5.74) is 0.956. The molecule has 0 N–H and O–H groups in total. The van der Waals surface area contributed by atoms with Gasteiger partial charge in [-0.25, -0.2) is 0 Å². The molecular weight excluding hydrogens is 242 g/mol. The molecule has 0 atom stereocenters. The van der Waals surface area contributed by atoms with Gasteiger partial charge in [0.15, 0.2) is 0 Å². The summed E-state index contributed by atoms with van der Waals surface area (Å²) in [4.78, 5) is 25.1. The summed E-state index contributed by atoms with van der Waals surface area (Å²) in [5, 5.41) is 0. The SMILES string of the molecule is CC(=O)N1CCC(C(=O)Oc2ccccc2C)CC1. The molecule has 0 spiro atoms. The first-order valence-electron chi connectivity index (χ1n) is 6.61. The van der Waals surface area contributed by atoms with Crippen molar-refractivity contribution in [2.75, 3.05) is 13.1 Å². The van der Waals surface area contributed by atoms with Crippen molar-refractivity contribution in [3.63, 3.8) is 0 Å². The van der Waals surface area contributed by atoms with Crippen molar-refractivity contribution >= 4 is 11.9 Å². The van der Waals surface area contributed by atoms with Gasteiger partial charge in [-0.3, -0.25) is 9.59 Å². The molecular formula is C15H19NO3. The summed E-state index contributed by atoms with van der Waals surface area (Å²) in [7, 11) is 0. The highest BCUT2D eigenvalue weighted by Gasteiger charge is 2.27. The average Bonchev–Trinajstić information content (AvgIpc) is 2.41. The van der Waals surface area contributed by atoms with Gasteiger partial charge in [0.05, 0.1) is 5.92 Å². The maximum atomic E-state index is 12.1. The lowest BCUT2D eigenvalue weighted by atomic mass is 9.97. The lowest BCUT2D eigenvalue weighted by Gasteiger charge is -2.30. The molecule has 102 valence electrons. The third-order valence-electron chi connectivity index (χ3n) is 3.58. The summed E-state index contributed by atoms with van der Waals surface area (Å²) in [5.74, 6) is 0.417. The maximum Gasteiger partial charge on any atom is 0.314 e. The minimum absolute atomic E-state index is 0.0747. The van der Waals surface area contributed by atoms with Crippen LogP contribution in [0.2, 0.25) is 0 Å². The van der Waals surface area contributed by atoms with Gasteiger partial charge in [0.2, 0.25) is 5.91 Å². The first-order chi connectivity index (χ1) is 9.08. The Kier molecular flexibility index (Phi) is 4.20. The highest BCUT2D eigenvalue weighted by Crippen LogP contribution is 2.22. The number of benzene rings is 1. The van der Waals surface area contributed by atoms with E-state index in [1.54, 1.807) is 17.9 Å². The number of piperidine rings is 1. The van der Waals surface area contributed by atoms with E-state index in [0.717, 1.165) is 5.56 Å². The lowest BCUT2D eigenvalue weighted by Crippen LogP contribution is -2.40. The van der Waals surface area contributed by atoms with E-state index >= 15 is 0 Å². The van der Waals surface area contributed by atoms with Crippen LogP contribution in [-0.4, -0.2) is 29.9 Å². The fourth-order valence-corrected chi connectivity index (χ4v) is 2.29. The van der Waals surface area contributed by atoms with Crippen LogP contribution < -0.4 is 4.74 Å². The van der Waals surface area contributed by atoms with Crippen LogP contribution in [0.3, 0.4) is 0 Å². The molecule has 1 saturated heterocycles. The lowest BCUT2D eigenvalue weighted by molar-refractivity contribution is -0.142. The highest BCUT2D eigenvalue weighted by molar-refractivity contribution is 5.77. The molecule has 19 heavy (non-hydrogen) atoms. The van der Waals surface area contributed by atoms with E-state index in [-0.39, 0.29) is 17.8 Å². The summed E-state index contributed by atoms with van der Waals surface area (Å²) in [6.07, 6.45) is 1.37. The molecule has 1 aromatic rings. The van der Waals surface area contributed by atoms with Gasteiger partial charge in [0, 0.05) is 20.0 Å². The fraction of sp³-hybridized carbons (Fsp3) is 0.467. The zero-order valence-corrected chi connectivity index (χ0v) is 11.4. The second kappa shape index (κ2) is 5.87. The Bertz CT molecular complexity index is 476. The number of esters is 1. The predicted octanol–water partition coefficient (Wildman–Crippen LogP) is 2.16. The first-order valence-corrected chi connectivity index (χ1v) is 6.61. The van der Waals surface area contributed by atoms with Crippen LogP contribution in [-0.2, 0) is 9.59 Å². The number of hydrogen-bond donors (Lipinski definition) is 0. The Morgan fingerprint density at radius 3 is 2.42 bits per heavy atom. The zero-order valence-electron chi connectivity index (χ0n) is 11.4. The number of carbonyl (C=O) groups excluding carboxylic acids is 2. The maximum absolute atomic E-state index is 12.1. The van der Waals surface area contributed by atoms with Crippen LogP contribution in [0.25, 0.3) is 0 Å². The molecule has 4 nitrogen and oxygen atoms in total. The summed E-state index contributed by atoms with van der Waals surface area (Å²) >= 11 is 0. The summed E-state index contributed by atoms with van der Waals surface area (Å²) in [6.45, 7) is 4.76. The van der Waals surface area contributed by atoms with E-state index in [2.05, 4.69) is 0 Å². The molecule has 4 heteroatoms. The van der Waals surface area contributed by atoms with Crippen LogP contribution in [0, 0.1) is 12.8 Å². The number of likely N-dealkylation sites (tertiary alicyclic amines) is 1. The second-order valence-corrected chi connectivity index (χ2v) is 4.97. The van der Waals surface area contributed by atoms with E-state index in [4.69, 9.17) is 4.74 Å². The van der Waals surface area contributed by atoms with Gasteiger partial charge in [0.1, 0.15) is 5.75 Å². The van der Waals surface area contributed by atoms with Gasteiger partial charge < -0.3 is 9.64 Å². The molecule has 0 bridgehead atoms. The molecule has 1 amide bonds. The van der Waals surface area contributed by atoms with Gasteiger partial charge in [0.25, 0.3) is 0 Å². The van der Waals surface area contributed by atoms with E-state index in [1.807, 2.05) is 25.1 Å². The van der Waals surface area contributed by atoms with E-state index in [9.17, 15) is 9.59 Å². The fourth-order valence-electron chi connectivity index (χ4n) is 2.29. The minimum atomic E-state index is -0.183. The van der Waals surface area contributed by atoms with Crippen LogP contribution in [0.1, 0.15) is 25.3 Å². The third kappa shape index (κ3) is 3.34. The number of hydrogen-bond acceptors (Lipinski definition) is 3. The summed E-state index contributed by atoms with van der Waals surface area (Å²) in [6, 6.07) is 7.49. The zero-order chi connectivity index (χ0) is 13.8. The largest absolute Gasteiger partial charge is 0.426 e. The van der Waals surface area contributed by atoms with Crippen molar-refractivity contribution in [3.8, 4) is 5.75 Å². The van der Waals surface area contributed by atoms with Gasteiger partial charge >= 0.3 is 5.97 Å². The monoisotopic (exact) mass is 261 g/mol. The second-order valence-electron chi connectivity index (χ2n) is 4.97. The molecule has 1 aliphatic rings. The number of carbonyl (C=O) groups is 2. The number of ether oxygens (including phenoxy) is 1. The molecule has 1 aliphatic heterocycles. The van der Waals surface area contributed by atoms with Crippen LogP contribution in [0.4, 0.5) is 0 Å². The number of rotatable bonds is 2. The van der Waals surface area contributed by atoms with Crippen molar-refractivity contribution in [1.82, 2.24) is 4.90 Å². The Morgan fingerprint density at radius 2 is 1.84 bits per heavy atom. The normalized spacial score (nSPS) is 16.2. The molecule has 0 radical (unpaired) electrons. The van der Waals surface area contributed by atoms with Crippen LogP contribution in [0.5, 0.6) is 5.75 Å². The van der Waals surface area contributed by atoms with Gasteiger partial charge in [-0.15, -0.1) is 0 Å². The Labute approximate surface area is 113 Å².